The third-order valence-electron chi connectivity index (χ3n) is 22.4. The second-order valence-electron chi connectivity index (χ2n) is 29.9. The number of rotatable bonds is 18. The third kappa shape index (κ3) is 15.8. The number of benzene rings is 18. The van der Waals surface area contributed by atoms with Gasteiger partial charge < -0.3 is 29.4 Å². The Morgan fingerprint density at radius 3 is 0.828 bits per heavy atom. The van der Waals surface area contributed by atoms with Gasteiger partial charge in [-0.25, -0.2) is 0 Å². The van der Waals surface area contributed by atoms with Crippen LogP contribution in [0.1, 0.15) is 25.0 Å². The predicted octanol–water partition coefficient (Wildman–Crippen LogP) is 30.4. The molecular weight excluding hydrogens is 1410 g/mol. The van der Waals surface area contributed by atoms with Gasteiger partial charge in [0.1, 0.15) is 0 Å². The maximum atomic E-state index is 2.37. The van der Waals surface area contributed by atoms with Gasteiger partial charge in [-0.2, -0.15) is 0 Å². The minimum atomic E-state index is -0.00457. The van der Waals surface area contributed by atoms with E-state index in [4.69, 9.17) is 0 Å². The van der Waals surface area contributed by atoms with E-state index >= 15 is 0 Å². The van der Waals surface area contributed by atoms with E-state index in [1.165, 1.54) is 99.9 Å². The molecule has 18 aromatic rings. The zero-order valence-electron chi connectivity index (χ0n) is 66.0. The molecule has 6 nitrogen and oxygen atoms in total. The molecule has 0 aliphatic heterocycles. The van der Waals surface area contributed by atoms with Crippen molar-refractivity contribution >= 4 is 107 Å². The molecule has 18 aromatic carbocycles. The zero-order chi connectivity index (χ0) is 78.7. The first-order chi connectivity index (χ1) is 57.0. The van der Waals surface area contributed by atoms with E-state index in [1.54, 1.807) is 0 Å². The lowest BCUT2D eigenvalue weighted by molar-refractivity contribution is 0.660. The molecule has 0 saturated carbocycles. The molecule has 0 bridgehead atoms. The van der Waals surface area contributed by atoms with Crippen LogP contribution < -0.4 is 29.4 Å². The van der Waals surface area contributed by atoms with Gasteiger partial charge in [-0.3, -0.25) is 0 Å². The van der Waals surface area contributed by atoms with Gasteiger partial charge in [-0.05, 0) is 248 Å². The van der Waals surface area contributed by atoms with Crippen molar-refractivity contribution < 1.29 is 0 Å². The molecule has 0 heterocycles. The fraction of sp³-hybridized carbons (Fsp3) is 0.0545. The van der Waals surface area contributed by atoms with Gasteiger partial charge in [-0.15, -0.1) is 0 Å². The highest BCUT2D eigenvalue weighted by Gasteiger charge is 2.35. The van der Waals surface area contributed by atoms with Crippen LogP contribution in [0.3, 0.4) is 0 Å². The van der Waals surface area contributed by atoms with Crippen LogP contribution in [0.5, 0.6) is 0 Å². The largest absolute Gasteiger partial charge is 0.345 e. The Kier molecular flexibility index (Phi) is 21.5. The van der Waals surface area contributed by atoms with E-state index in [0.29, 0.717) is 0 Å². The fourth-order valence-corrected chi connectivity index (χ4v) is 16.1. The number of fused-ring (bicyclic) bond motifs is 5. The standard InChI is InChI=1S/C40H34N2.2C35H28N2/c1-40(2)38-17-11-10-16-36(38)37-27-26-35(28-39(37)40)41(3)31-22-18-29(19-23-31)30-20-24-34(25-21-30)42(32-12-6-4-7-13-32)33-14-8-5-9-15-33;1-36(35-18-10-12-29-11-8-9-17-34(29)35)30-23-19-27(20-24-30)28-21-25-33(26-22-28)37(31-13-4-2-5-14-31)32-15-6-3-7-16-32;1-36(35-25-20-27-10-8-9-11-30(27)26-35)31-21-16-28(17-22-31)29-18-23-34(24-19-29)37(32-12-4-2-5-13-32)33-14-6-3-7-15-33/h4-28H,1-3H3;2*2-26H,1H3. The Morgan fingerprint density at radius 1 is 0.172 bits per heavy atom. The van der Waals surface area contributed by atoms with Crippen LogP contribution in [0.25, 0.3) is 66.1 Å². The highest BCUT2D eigenvalue weighted by Crippen LogP contribution is 2.50. The molecule has 0 atom stereocenters. The highest BCUT2D eigenvalue weighted by atomic mass is 15.2. The molecular formula is C110H90N6. The number of hydrogen-bond donors (Lipinski definition) is 0. The normalized spacial score (nSPS) is 11.6. The van der Waals surface area contributed by atoms with E-state index in [-0.39, 0.29) is 5.41 Å². The van der Waals surface area contributed by atoms with Gasteiger partial charge in [0.2, 0.25) is 0 Å². The molecule has 1 aliphatic rings. The van der Waals surface area contributed by atoms with Crippen LogP contribution in [0, 0.1) is 0 Å². The summed E-state index contributed by atoms with van der Waals surface area (Å²) in [5.41, 5.74) is 30.0. The van der Waals surface area contributed by atoms with Crippen LogP contribution in [0.15, 0.2) is 455 Å². The predicted molar refractivity (Wildman–Crippen MR) is 496 cm³/mol. The lowest BCUT2D eigenvalue weighted by atomic mass is 9.82. The molecule has 0 radical (unpaired) electrons. The van der Waals surface area contributed by atoms with Crippen LogP contribution >= 0.6 is 0 Å². The van der Waals surface area contributed by atoms with Crippen molar-refractivity contribution in [1.29, 1.82) is 0 Å². The van der Waals surface area contributed by atoms with Crippen molar-refractivity contribution in [1.82, 2.24) is 0 Å². The summed E-state index contributed by atoms with van der Waals surface area (Å²) in [5.74, 6) is 0. The molecule has 19 rings (SSSR count). The summed E-state index contributed by atoms with van der Waals surface area (Å²) in [7, 11) is 6.41. The van der Waals surface area contributed by atoms with Gasteiger partial charge in [0, 0.05) is 117 Å². The smallest absolute Gasteiger partial charge is 0.0487 e. The summed E-state index contributed by atoms with van der Waals surface area (Å²) >= 11 is 0. The Hall–Kier alpha value is -14.7. The van der Waals surface area contributed by atoms with Crippen molar-refractivity contribution in [2.75, 3.05) is 50.5 Å². The number of hydrogen-bond acceptors (Lipinski definition) is 6. The fourth-order valence-electron chi connectivity index (χ4n) is 16.1. The van der Waals surface area contributed by atoms with Crippen LogP contribution in [-0.4, -0.2) is 21.1 Å². The summed E-state index contributed by atoms with van der Waals surface area (Å²) in [5, 5.41) is 5.03. The Labute approximate surface area is 682 Å². The Balaban J connectivity index is 0.000000126. The summed E-state index contributed by atoms with van der Waals surface area (Å²) in [4.78, 5) is 13.6. The monoisotopic (exact) mass is 1490 g/mol. The molecule has 0 spiro atoms. The molecule has 0 unspecified atom stereocenters. The Morgan fingerprint density at radius 2 is 0.440 bits per heavy atom. The van der Waals surface area contributed by atoms with Crippen molar-refractivity contribution in [3.63, 3.8) is 0 Å². The molecule has 0 saturated heterocycles. The van der Waals surface area contributed by atoms with Crippen molar-refractivity contribution in [2.24, 2.45) is 0 Å². The van der Waals surface area contributed by atoms with Gasteiger partial charge >= 0.3 is 0 Å². The first kappa shape index (κ1) is 74.0. The molecule has 6 heteroatoms. The van der Waals surface area contributed by atoms with Crippen molar-refractivity contribution in [3.05, 3.63) is 466 Å². The number of para-hydroxylation sites is 6. The second kappa shape index (κ2) is 33.7. The molecule has 0 fully saturated rings. The summed E-state index contributed by atoms with van der Waals surface area (Å²) in [6, 6.07) is 162. The third-order valence-corrected chi connectivity index (χ3v) is 22.4. The summed E-state index contributed by atoms with van der Waals surface area (Å²) < 4.78 is 0. The first-order valence-corrected chi connectivity index (χ1v) is 39.8. The minimum absolute atomic E-state index is 0.00457. The topological polar surface area (TPSA) is 19.4 Å². The van der Waals surface area contributed by atoms with Gasteiger partial charge in [0.25, 0.3) is 0 Å². The zero-order valence-corrected chi connectivity index (χ0v) is 66.0. The summed E-state index contributed by atoms with van der Waals surface area (Å²) in [6.07, 6.45) is 0. The molecule has 1 aliphatic carbocycles. The average molecular weight is 1500 g/mol. The maximum absolute atomic E-state index is 2.37. The average Bonchev–Trinajstić information content (AvgIpc) is 1.58. The van der Waals surface area contributed by atoms with Crippen LogP contribution in [-0.2, 0) is 5.41 Å². The first-order valence-electron chi connectivity index (χ1n) is 39.8. The van der Waals surface area contributed by atoms with E-state index in [0.717, 1.165) is 62.6 Å². The molecule has 0 aromatic heterocycles. The van der Waals surface area contributed by atoms with Crippen LogP contribution in [0.4, 0.5) is 85.3 Å². The van der Waals surface area contributed by atoms with E-state index in [2.05, 4.69) is 519 Å². The van der Waals surface area contributed by atoms with Crippen molar-refractivity contribution in [3.8, 4) is 44.5 Å². The lowest BCUT2D eigenvalue weighted by Crippen LogP contribution is -2.16. The maximum Gasteiger partial charge on any atom is 0.0487 e. The van der Waals surface area contributed by atoms with Gasteiger partial charge in [0.15, 0.2) is 0 Å². The molecule has 0 amide bonds. The SMILES string of the molecule is CN(c1ccc(-c2ccc(N(c3ccccc3)c3ccccc3)cc2)cc1)c1ccc2c(c1)C(C)(C)c1ccccc1-2.CN(c1ccc(-c2ccc(N(c3ccccc3)c3ccccc3)cc2)cc1)c1ccc2ccccc2c1.CN(c1ccc(-c2ccc(N(c3ccccc3)c3ccccc3)cc2)cc1)c1cccc2ccccc12. The molecule has 0 N–H and O–H groups in total. The molecule has 116 heavy (non-hydrogen) atoms. The minimum Gasteiger partial charge on any atom is -0.345 e. The highest BCUT2D eigenvalue weighted by molar-refractivity contribution is 5.96. The quantitative estimate of drug-likeness (QED) is 0.0847. The lowest BCUT2D eigenvalue weighted by Gasteiger charge is -2.25. The van der Waals surface area contributed by atoms with Gasteiger partial charge in [0.05, 0.1) is 0 Å². The summed E-state index contributed by atoms with van der Waals surface area (Å²) in [6.45, 7) is 4.67. The Bertz CT molecular complexity index is 6160. The van der Waals surface area contributed by atoms with E-state index < -0.39 is 0 Å². The molecule has 560 valence electrons. The van der Waals surface area contributed by atoms with E-state index in [9.17, 15) is 0 Å². The van der Waals surface area contributed by atoms with Crippen LogP contribution in [0.2, 0.25) is 0 Å². The van der Waals surface area contributed by atoms with Crippen molar-refractivity contribution in [2.45, 2.75) is 19.3 Å². The number of anilines is 15. The second-order valence-corrected chi connectivity index (χ2v) is 29.9. The van der Waals surface area contributed by atoms with E-state index in [1.807, 2.05) is 0 Å². The van der Waals surface area contributed by atoms with Gasteiger partial charge in [-0.1, -0.05) is 293 Å². The number of nitrogens with zero attached hydrogens (tertiary/aromatic N) is 6.